The lowest BCUT2D eigenvalue weighted by atomic mass is 10.00. The normalized spacial score (nSPS) is 18.3. The number of hydrogen-bond donors (Lipinski definition) is 2. The Hall–Kier alpha value is -1.85. The lowest BCUT2D eigenvalue weighted by Crippen LogP contribution is -2.25. The van der Waals surface area contributed by atoms with Crippen molar-refractivity contribution in [3.8, 4) is 0 Å². The second-order valence-electron chi connectivity index (χ2n) is 4.99. The van der Waals surface area contributed by atoms with Gasteiger partial charge in [-0.15, -0.1) is 5.10 Å². The van der Waals surface area contributed by atoms with Crippen LogP contribution in [-0.2, 0) is 0 Å². The Morgan fingerprint density at radius 1 is 1.44 bits per heavy atom. The Balaban J connectivity index is 1.81. The molecule has 1 aliphatic rings. The van der Waals surface area contributed by atoms with E-state index in [-0.39, 0.29) is 5.69 Å². The van der Waals surface area contributed by atoms with Crippen molar-refractivity contribution >= 4 is 11.5 Å². The van der Waals surface area contributed by atoms with E-state index in [0.717, 1.165) is 5.82 Å². The summed E-state index contributed by atoms with van der Waals surface area (Å²) in [6.45, 7) is 2.18. The minimum absolute atomic E-state index is 0.304. The predicted molar refractivity (Wildman–Crippen MR) is 68.7 cm³/mol. The summed E-state index contributed by atoms with van der Waals surface area (Å²) >= 11 is 0. The molecule has 1 unspecified atom stereocenters. The van der Waals surface area contributed by atoms with E-state index in [1.165, 1.54) is 30.2 Å². The van der Waals surface area contributed by atoms with Crippen LogP contribution in [0.2, 0.25) is 0 Å². The van der Waals surface area contributed by atoms with E-state index in [9.17, 15) is 4.79 Å². The minimum atomic E-state index is -0.304. The first-order chi connectivity index (χ1) is 8.74. The Kier molecular flexibility index (Phi) is 2.77. The van der Waals surface area contributed by atoms with Crippen LogP contribution in [0, 0.1) is 5.92 Å². The van der Waals surface area contributed by atoms with E-state index < -0.39 is 0 Å². The highest BCUT2D eigenvalue weighted by Crippen LogP contribution is 2.28. The average molecular weight is 247 g/mol. The first-order valence-corrected chi connectivity index (χ1v) is 6.45. The maximum Gasteiger partial charge on any atom is 0.364 e. The number of H-pyrrole nitrogens is 1. The van der Waals surface area contributed by atoms with Gasteiger partial charge in [0.25, 0.3) is 0 Å². The molecule has 3 rings (SSSR count). The van der Waals surface area contributed by atoms with E-state index in [2.05, 4.69) is 27.5 Å². The third-order valence-electron chi connectivity index (χ3n) is 3.76. The van der Waals surface area contributed by atoms with Gasteiger partial charge in [0, 0.05) is 6.04 Å². The van der Waals surface area contributed by atoms with Crippen LogP contribution in [0.1, 0.15) is 32.6 Å². The molecule has 96 valence electrons. The summed E-state index contributed by atoms with van der Waals surface area (Å²) in [6.07, 6.45) is 5.21. The van der Waals surface area contributed by atoms with Crippen molar-refractivity contribution in [1.82, 2.24) is 19.8 Å². The highest BCUT2D eigenvalue weighted by molar-refractivity contribution is 5.43. The Labute approximate surface area is 104 Å². The molecule has 2 aromatic heterocycles. The van der Waals surface area contributed by atoms with Gasteiger partial charge in [-0.1, -0.05) is 12.8 Å². The number of hydrogen-bond acceptors (Lipinski definition) is 4. The van der Waals surface area contributed by atoms with E-state index >= 15 is 0 Å². The number of fused-ring (bicyclic) bond motifs is 1. The highest BCUT2D eigenvalue weighted by Gasteiger charge is 2.21. The van der Waals surface area contributed by atoms with Crippen LogP contribution in [0.4, 0.5) is 5.82 Å². The number of anilines is 1. The van der Waals surface area contributed by atoms with Crippen LogP contribution in [0.25, 0.3) is 5.65 Å². The van der Waals surface area contributed by atoms with Crippen LogP contribution >= 0.6 is 0 Å². The molecular weight excluding hydrogens is 230 g/mol. The summed E-state index contributed by atoms with van der Waals surface area (Å²) in [4.78, 5) is 11.4. The predicted octanol–water partition coefficient (Wildman–Crippen LogP) is 1.41. The molecule has 2 N–H and O–H groups in total. The summed E-state index contributed by atoms with van der Waals surface area (Å²) < 4.78 is 1.28. The van der Waals surface area contributed by atoms with Crippen LogP contribution < -0.4 is 11.0 Å². The lowest BCUT2D eigenvalue weighted by molar-refractivity contribution is 0.480. The number of rotatable bonds is 3. The second kappa shape index (κ2) is 4.44. The van der Waals surface area contributed by atoms with E-state index in [1.54, 1.807) is 6.07 Å². The molecule has 18 heavy (non-hydrogen) atoms. The van der Waals surface area contributed by atoms with Crippen molar-refractivity contribution in [2.75, 3.05) is 5.32 Å². The van der Waals surface area contributed by atoms with Gasteiger partial charge in [-0.05, 0) is 37.8 Å². The zero-order valence-corrected chi connectivity index (χ0v) is 10.4. The molecule has 0 aliphatic heterocycles. The van der Waals surface area contributed by atoms with E-state index in [4.69, 9.17) is 0 Å². The molecule has 0 spiro atoms. The van der Waals surface area contributed by atoms with Crippen LogP contribution in [0.5, 0.6) is 0 Å². The van der Waals surface area contributed by atoms with Crippen molar-refractivity contribution in [2.24, 2.45) is 5.92 Å². The zero-order valence-electron chi connectivity index (χ0n) is 10.4. The fourth-order valence-electron chi connectivity index (χ4n) is 2.69. The molecule has 6 heteroatoms. The van der Waals surface area contributed by atoms with E-state index in [0.29, 0.717) is 17.6 Å². The molecule has 1 fully saturated rings. The first-order valence-electron chi connectivity index (χ1n) is 6.45. The number of nitrogens with one attached hydrogen (secondary N) is 2. The first kappa shape index (κ1) is 11.3. The molecule has 0 saturated heterocycles. The standard InChI is InChI=1S/C12H17N5O/c1-8(9-4-2-3-5-9)13-10-6-7-11-14-15-12(18)17(11)16-10/h6-9H,2-5H2,1H3,(H,13,16)(H,15,18). The molecule has 1 saturated carbocycles. The van der Waals surface area contributed by atoms with Gasteiger partial charge in [0.1, 0.15) is 5.82 Å². The summed E-state index contributed by atoms with van der Waals surface area (Å²) in [7, 11) is 0. The number of aromatic amines is 1. The number of nitrogens with zero attached hydrogens (tertiary/aromatic N) is 3. The molecular formula is C12H17N5O. The van der Waals surface area contributed by atoms with Gasteiger partial charge in [0.05, 0.1) is 0 Å². The van der Waals surface area contributed by atoms with Crippen LogP contribution in [0.15, 0.2) is 16.9 Å². The van der Waals surface area contributed by atoms with Gasteiger partial charge < -0.3 is 5.32 Å². The molecule has 1 aliphatic carbocycles. The lowest BCUT2D eigenvalue weighted by Gasteiger charge is -2.20. The summed E-state index contributed by atoms with van der Waals surface area (Å²) in [5.74, 6) is 1.44. The third kappa shape index (κ3) is 1.98. The Bertz CT molecular complexity index is 596. The topological polar surface area (TPSA) is 75.1 Å². The van der Waals surface area contributed by atoms with Gasteiger partial charge in [0.15, 0.2) is 5.65 Å². The zero-order chi connectivity index (χ0) is 12.5. The minimum Gasteiger partial charge on any atom is -0.366 e. The smallest absolute Gasteiger partial charge is 0.364 e. The van der Waals surface area contributed by atoms with Gasteiger partial charge in [0.2, 0.25) is 0 Å². The highest BCUT2D eigenvalue weighted by atomic mass is 16.2. The molecule has 0 bridgehead atoms. The monoisotopic (exact) mass is 247 g/mol. The summed E-state index contributed by atoms with van der Waals surface area (Å²) in [6, 6.07) is 4.04. The quantitative estimate of drug-likeness (QED) is 0.860. The number of aromatic nitrogens is 4. The molecule has 0 amide bonds. The van der Waals surface area contributed by atoms with Crippen molar-refractivity contribution in [1.29, 1.82) is 0 Å². The van der Waals surface area contributed by atoms with Crippen molar-refractivity contribution in [3.05, 3.63) is 22.6 Å². The van der Waals surface area contributed by atoms with Gasteiger partial charge >= 0.3 is 5.69 Å². The van der Waals surface area contributed by atoms with E-state index in [1.807, 2.05) is 6.07 Å². The maximum atomic E-state index is 11.4. The van der Waals surface area contributed by atoms with Gasteiger partial charge in [-0.25, -0.2) is 9.89 Å². The summed E-state index contributed by atoms with van der Waals surface area (Å²) in [5.41, 5.74) is 0.237. The van der Waals surface area contributed by atoms with Crippen molar-refractivity contribution in [3.63, 3.8) is 0 Å². The molecule has 2 heterocycles. The SMILES string of the molecule is CC(Nc1ccc2n[nH]c(=O)n2n1)C1CCCC1. The molecule has 6 nitrogen and oxygen atoms in total. The van der Waals surface area contributed by atoms with Crippen molar-refractivity contribution < 1.29 is 0 Å². The largest absolute Gasteiger partial charge is 0.366 e. The molecule has 2 aromatic rings. The molecule has 0 aromatic carbocycles. The van der Waals surface area contributed by atoms with Crippen molar-refractivity contribution in [2.45, 2.75) is 38.6 Å². The molecule has 0 radical (unpaired) electrons. The third-order valence-corrected chi connectivity index (χ3v) is 3.76. The van der Waals surface area contributed by atoms with Crippen LogP contribution in [-0.4, -0.2) is 25.9 Å². The second-order valence-corrected chi connectivity index (χ2v) is 4.99. The molecule has 1 atom stereocenters. The average Bonchev–Trinajstić information content (AvgIpc) is 3.00. The Morgan fingerprint density at radius 2 is 2.22 bits per heavy atom. The maximum absolute atomic E-state index is 11.4. The fourth-order valence-corrected chi connectivity index (χ4v) is 2.69. The fraction of sp³-hybridized carbons (Fsp3) is 0.583. The summed E-state index contributed by atoms with van der Waals surface area (Å²) in [5, 5.41) is 13.9. The van der Waals surface area contributed by atoms with Gasteiger partial charge in [-0.2, -0.15) is 9.61 Å². The van der Waals surface area contributed by atoms with Crippen LogP contribution in [0.3, 0.4) is 0 Å². The van der Waals surface area contributed by atoms with Gasteiger partial charge in [-0.3, -0.25) is 0 Å². The Morgan fingerprint density at radius 3 is 3.00 bits per heavy atom.